The van der Waals surface area contributed by atoms with Crippen molar-refractivity contribution in [2.75, 3.05) is 7.11 Å². The number of methoxy groups -OCH3 is 1. The summed E-state index contributed by atoms with van der Waals surface area (Å²) in [5, 5.41) is 21.5. The minimum atomic E-state index is 0.563. The minimum absolute atomic E-state index is 0.563. The Morgan fingerprint density at radius 3 is 2.72 bits per heavy atom. The van der Waals surface area contributed by atoms with Gasteiger partial charge in [-0.15, -0.1) is 10.2 Å². The Hall–Kier alpha value is -2.74. The molecular weight excluding hydrogens is 336 g/mol. The lowest BCUT2D eigenvalue weighted by Gasteiger charge is -1.99. The van der Waals surface area contributed by atoms with Gasteiger partial charge in [-0.2, -0.15) is 14.7 Å². The first-order chi connectivity index (χ1) is 12.1. The van der Waals surface area contributed by atoms with Gasteiger partial charge in [-0.1, -0.05) is 25.2 Å². The van der Waals surface area contributed by atoms with E-state index < -0.39 is 0 Å². The summed E-state index contributed by atoms with van der Waals surface area (Å²) in [6, 6.07) is 9.83. The topological polar surface area (TPSA) is 81.0 Å². The molecule has 8 heteroatoms. The number of nitrogens with one attached hydrogen (secondary N) is 1. The average molecular weight is 354 g/mol. The van der Waals surface area contributed by atoms with Gasteiger partial charge in [-0.3, -0.25) is 5.10 Å². The number of fused-ring (bicyclic) bond motifs is 1. The fraction of sp³-hybridized carbons (Fsp3) is 0.294. The molecule has 0 unspecified atom stereocenters. The van der Waals surface area contributed by atoms with Gasteiger partial charge in [0.15, 0.2) is 0 Å². The first kappa shape index (κ1) is 15.8. The number of hydrogen-bond acceptors (Lipinski definition) is 6. The molecule has 0 saturated carbocycles. The lowest BCUT2D eigenvalue weighted by atomic mass is 10.1. The molecule has 1 aromatic carbocycles. The largest absolute Gasteiger partial charge is 0.497 e. The molecule has 4 aromatic rings. The molecule has 1 N–H and O–H groups in total. The van der Waals surface area contributed by atoms with Gasteiger partial charge in [0, 0.05) is 11.3 Å². The van der Waals surface area contributed by atoms with Crippen molar-refractivity contribution in [2.24, 2.45) is 5.92 Å². The quantitative estimate of drug-likeness (QED) is 0.594. The van der Waals surface area contributed by atoms with Crippen LogP contribution in [0.5, 0.6) is 5.75 Å². The highest BCUT2D eigenvalue weighted by Gasteiger charge is 2.17. The Morgan fingerprint density at radius 2 is 2.00 bits per heavy atom. The van der Waals surface area contributed by atoms with E-state index in [2.05, 4.69) is 39.3 Å². The molecule has 0 aliphatic carbocycles. The third-order valence-corrected chi connectivity index (χ3v) is 4.76. The van der Waals surface area contributed by atoms with Crippen LogP contribution in [0.4, 0.5) is 0 Å². The van der Waals surface area contributed by atoms with Crippen molar-refractivity contribution < 1.29 is 4.74 Å². The first-order valence-electron chi connectivity index (χ1n) is 8.05. The smallest absolute Gasteiger partial charge is 0.235 e. The molecule has 0 spiro atoms. The van der Waals surface area contributed by atoms with Gasteiger partial charge >= 0.3 is 0 Å². The highest BCUT2D eigenvalue weighted by molar-refractivity contribution is 7.19. The second-order valence-electron chi connectivity index (χ2n) is 6.23. The molecule has 3 aromatic heterocycles. The Kier molecular flexibility index (Phi) is 3.96. The van der Waals surface area contributed by atoms with Crippen molar-refractivity contribution in [3.8, 4) is 27.8 Å². The zero-order valence-corrected chi connectivity index (χ0v) is 15.0. The number of H-pyrrole nitrogens is 1. The van der Waals surface area contributed by atoms with E-state index in [-0.39, 0.29) is 0 Å². The van der Waals surface area contributed by atoms with E-state index in [1.54, 1.807) is 11.6 Å². The predicted octanol–water partition coefficient (Wildman–Crippen LogP) is 3.45. The molecule has 0 saturated heterocycles. The van der Waals surface area contributed by atoms with Crippen LogP contribution in [0.25, 0.3) is 27.1 Å². The molecule has 0 fully saturated rings. The zero-order chi connectivity index (χ0) is 17.4. The summed E-state index contributed by atoms with van der Waals surface area (Å²) in [4.78, 5) is 0.745. The number of hydrogen-bond donors (Lipinski definition) is 1. The van der Waals surface area contributed by atoms with Crippen LogP contribution < -0.4 is 4.74 Å². The molecule has 0 atom stereocenters. The molecule has 0 radical (unpaired) electrons. The zero-order valence-electron chi connectivity index (χ0n) is 14.2. The fourth-order valence-electron chi connectivity index (χ4n) is 2.65. The van der Waals surface area contributed by atoms with E-state index in [9.17, 15) is 0 Å². The Bertz CT molecular complexity index is 998. The van der Waals surface area contributed by atoms with E-state index in [1.165, 1.54) is 11.3 Å². The molecule has 7 nitrogen and oxygen atoms in total. The summed E-state index contributed by atoms with van der Waals surface area (Å²) in [5.41, 5.74) is 2.87. The van der Waals surface area contributed by atoms with Gasteiger partial charge in [0.25, 0.3) is 0 Å². The van der Waals surface area contributed by atoms with Gasteiger partial charge in [0.05, 0.1) is 7.11 Å². The molecular formula is C17H18N6OS. The second kappa shape index (κ2) is 6.29. The summed E-state index contributed by atoms with van der Waals surface area (Å²) in [6.45, 7) is 4.36. The molecule has 0 aliphatic heterocycles. The van der Waals surface area contributed by atoms with Crippen LogP contribution in [-0.2, 0) is 6.42 Å². The van der Waals surface area contributed by atoms with Gasteiger partial charge in [-0.25, -0.2) is 0 Å². The number of rotatable bonds is 5. The Morgan fingerprint density at radius 1 is 1.20 bits per heavy atom. The molecule has 0 amide bonds. The standard InChI is InChI=1S/C17H18N6OS/c1-10(2)8-12-9-14(19-18-12)15-20-21-17-23(15)22-16(25-17)11-4-6-13(24-3)7-5-11/h4-7,9-10H,8H2,1-3H3,(H,18,19). The lowest BCUT2D eigenvalue weighted by molar-refractivity contribution is 0.415. The van der Waals surface area contributed by atoms with Crippen LogP contribution in [-0.4, -0.2) is 37.1 Å². The van der Waals surface area contributed by atoms with Crippen molar-refractivity contribution in [3.63, 3.8) is 0 Å². The summed E-state index contributed by atoms with van der Waals surface area (Å²) in [6.07, 6.45) is 0.948. The number of ether oxygens (including phenoxy) is 1. The minimum Gasteiger partial charge on any atom is -0.497 e. The third-order valence-electron chi connectivity index (χ3n) is 3.82. The maximum atomic E-state index is 5.20. The summed E-state index contributed by atoms with van der Waals surface area (Å²) < 4.78 is 6.95. The molecule has 0 bridgehead atoms. The van der Waals surface area contributed by atoms with Gasteiger partial charge in [0.2, 0.25) is 10.8 Å². The maximum Gasteiger partial charge on any atom is 0.235 e. The number of aromatic amines is 1. The van der Waals surface area contributed by atoms with Gasteiger partial charge in [-0.05, 0) is 42.7 Å². The lowest BCUT2D eigenvalue weighted by Crippen LogP contribution is -1.93. The van der Waals surface area contributed by atoms with E-state index in [4.69, 9.17) is 4.74 Å². The number of nitrogens with zero attached hydrogens (tertiary/aromatic N) is 5. The normalized spacial score (nSPS) is 11.5. The molecule has 128 valence electrons. The summed E-state index contributed by atoms with van der Waals surface area (Å²) in [5.74, 6) is 2.03. The maximum absolute atomic E-state index is 5.20. The number of benzene rings is 1. The SMILES string of the molecule is COc1ccc(-c2nn3c(-c4cc(CC(C)C)[nH]n4)nnc3s2)cc1. The van der Waals surface area contributed by atoms with Crippen molar-refractivity contribution >= 4 is 16.3 Å². The van der Waals surface area contributed by atoms with Crippen LogP contribution >= 0.6 is 11.3 Å². The van der Waals surface area contributed by atoms with E-state index in [1.807, 2.05) is 30.3 Å². The average Bonchev–Trinajstić information content (AvgIpc) is 3.29. The Balaban J connectivity index is 1.69. The van der Waals surface area contributed by atoms with Gasteiger partial charge in [0.1, 0.15) is 16.5 Å². The van der Waals surface area contributed by atoms with Crippen LogP contribution in [0.1, 0.15) is 19.5 Å². The highest BCUT2D eigenvalue weighted by Crippen LogP contribution is 2.29. The number of aromatic nitrogens is 6. The molecule has 4 rings (SSSR count). The highest BCUT2D eigenvalue weighted by atomic mass is 32.1. The third kappa shape index (κ3) is 3.00. The van der Waals surface area contributed by atoms with E-state index in [0.717, 1.165) is 39.1 Å². The van der Waals surface area contributed by atoms with Crippen molar-refractivity contribution in [3.05, 3.63) is 36.0 Å². The summed E-state index contributed by atoms with van der Waals surface area (Å²) >= 11 is 1.50. The first-order valence-corrected chi connectivity index (χ1v) is 8.87. The van der Waals surface area contributed by atoms with Crippen LogP contribution in [0, 0.1) is 5.92 Å². The fourth-order valence-corrected chi connectivity index (χ4v) is 3.49. The molecule has 0 aliphatic rings. The van der Waals surface area contributed by atoms with Crippen molar-refractivity contribution in [1.29, 1.82) is 0 Å². The monoisotopic (exact) mass is 354 g/mol. The molecule has 3 heterocycles. The molecule has 25 heavy (non-hydrogen) atoms. The Labute approximate surface area is 148 Å². The van der Waals surface area contributed by atoms with Crippen LogP contribution in [0.15, 0.2) is 30.3 Å². The van der Waals surface area contributed by atoms with Crippen molar-refractivity contribution in [2.45, 2.75) is 20.3 Å². The van der Waals surface area contributed by atoms with Gasteiger partial charge < -0.3 is 4.74 Å². The van der Waals surface area contributed by atoms with Crippen LogP contribution in [0.2, 0.25) is 0 Å². The summed E-state index contributed by atoms with van der Waals surface area (Å²) in [7, 11) is 1.65. The van der Waals surface area contributed by atoms with E-state index >= 15 is 0 Å². The predicted molar refractivity (Wildman–Crippen MR) is 96.8 cm³/mol. The van der Waals surface area contributed by atoms with Crippen LogP contribution in [0.3, 0.4) is 0 Å². The second-order valence-corrected chi connectivity index (χ2v) is 7.19. The van der Waals surface area contributed by atoms with E-state index in [0.29, 0.717) is 11.7 Å². The van der Waals surface area contributed by atoms with Crippen molar-refractivity contribution in [1.82, 2.24) is 30.0 Å².